The van der Waals surface area contributed by atoms with Crippen LogP contribution in [0.2, 0.25) is 10.0 Å². The zero-order valence-electron chi connectivity index (χ0n) is 13.0. The number of rotatable bonds is 7. The lowest BCUT2D eigenvalue weighted by molar-refractivity contribution is 0.0953. The summed E-state index contributed by atoms with van der Waals surface area (Å²) in [6.45, 7) is 3.99. The lowest BCUT2D eigenvalue weighted by Gasteiger charge is -2.09. The van der Waals surface area contributed by atoms with E-state index >= 15 is 0 Å². The van der Waals surface area contributed by atoms with Gasteiger partial charge in [-0.25, -0.2) is 0 Å². The summed E-state index contributed by atoms with van der Waals surface area (Å²) in [4.78, 5) is 12.0. The minimum absolute atomic E-state index is 0.0356. The van der Waals surface area contributed by atoms with Crippen LogP contribution < -0.4 is 10.6 Å². The second kappa shape index (κ2) is 8.92. The van der Waals surface area contributed by atoms with Gasteiger partial charge >= 0.3 is 0 Å². The van der Waals surface area contributed by atoms with Gasteiger partial charge in [0.1, 0.15) is 0 Å². The summed E-state index contributed by atoms with van der Waals surface area (Å²) in [5, 5.41) is 7.33. The third-order valence-electron chi connectivity index (χ3n) is 3.40. The fourth-order valence-corrected chi connectivity index (χ4v) is 2.58. The van der Waals surface area contributed by atoms with Crippen LogP contribution >= 0.6 is 23.2 Å². The number of halogens is 2. The Balaban J connectivity index is 1.93. The molecule has 0 atom stereocenters. The lowest BCUT2D eigenvalue weighted by Crippen LogP contribution is -2.24. The number of carbonyl (C=O) groups is 1. The number of hydrogen-bond donors (Lipinski definition) is 2. The van der Waals surface area contributed by atoms with Crippen LogP contribution in [0.1, 0.15) is 34.8 Å². The molecule has 23 heavy (non-hydrogen) atoms. The predicted octanol–water partition coefficient (Wildman–Crippen LogP) is 4.42. The Bertz CT molecular complexity index is 674. The quantitative estimate of drug-likeness (QED) is 0.775. The zero-order chi connectivity index (χ0) is 16.7. The average molecular weight is 351 g/mol. The Morgan fingerprint density at radius 1 is 1.09 bits per heavy atom. The fraction of sp³-hybridized carbons (Fsp3) is 0.278. The molecule has 0 aliphatic heterocycles. The van der Waals surface area contributed by atoms with Gasteiger partial charge in [-0.3, -0.25) is 4.79 Å². The smallest absolute Gasteiger partial charge is 0.251 e. The third-order valence-corrected chi connectivity index (χ3v) is 4.26. The number of hydrogen-bond acceptors (Lipinski definition) is 2. The standard InChI is InChI=1S/C18H20Cl2N2O/c1-2-9-22-18(23)14-6-3-5-13(10-14)11-21-12-15-7-4-8-16(19)17(15)20/h3-8,10,21H,2,9,11-12H2,1H3,(H,22,23). The lowest BCUT2D eigenvalue weighted by atomic mass is 10.1. The molecule has 0 fully saturated rings. The topological polar surface area (TPSA) is 41.1 Å². The number of carbonyl (C=O) groups excluding carboxylic acids is 1. The van der Waals surface area contributed by atoms with Crippen LogP contribution in [-0.2, 0) is 13.1 Å². The van der Waals surface area contributed by atoms with Crippen LogP contribution in [0, 0.1) is 0 Å². The molecule has 0 saturated heterocycles. The van der Waals surface area contributed by atoms with Crippen molar-refractivity contribution in [3.8, 4) is 0 Å². The summed E-state index contributed by atoms with van der Waals surface area (Å²) in [5.41, 5.74) is 2.68. The van der Waals surface area contributed by atoms with Crippen LogP contribution in [0.4, 0.5) is 0 Å². The maximum absolute atomic E-state index is 12.0. The molecular weight excluding hydrogens is 331 g/mol. The van der Waals surface area contributed by atoms with Crippen LogP contribution in [0.3, 0.4) is 0 Å². The van der Waals surface area contributed by atoms with Gasteiger partial charge in [0.15, 0.2) is 0 Å². The molecule has 0 bridgehead atoms. The Morgan fingerprint density at radius 2 is 1.87 bits per heavy atom. The van der Waals surface area contributed by atoms with E-state index in [0.717, 1.165) is 17.5 Å². The molecule has 0 unspecified atom stereocenters. The molecule has 0 spiro atoms. The number of nitrogens with one attached hydrogen (secondary N) is 2. The first kappa shape index (κ1) is 17.8. The van der Waals surface area contributed by atoms with Gasteiger partial charge in [0.25, 0.3) is 5.91 Å². The first-order valence-electron chi connectivity index (χ1n) is 7.62. The predicted molar refractivity (Wildman–Crippen MR) is 96.1 cm³/mol. The molecule has 0 aliphatic rings. The molecule has 1 amide bonds. The van der Waals surface area contributed by atoms with Crippen LogP contribution in [-0.4, -0.2) is 12.5 Å². The molecule has 3 nitrogen and oxygen atoms in total. The first-order chi connectivity index (χ1) is 11.1. The van der Waals surface area contributed by atoms with E-state index in [-0.39, 0.29) is 5.91 Å². The fourth-order valence-electron chi connectivity index (χ4n) is 2.19. The van der Waals surface area contributed by atoms with Crippen LogP contribution in [0.25, 0.3) is 0 Å². The Morgan fingerprint density at radius 3 is 2.65 bits per heavy atom. The molecule has 0 saturated carbocycles. The van der Waals surface area contributed by atoms with E-state index in [9.17, 15) is 4.79 Å². The number of amides is 1. The Labute approximate surface area is 147 Å². The van der Waals surface area contributed by atoms with Crippen molar-refractivity contribution in [2.75, 3.05) is 6.54 Å². The van der Waals surface area contributed by atoms with E-state index in [1.807, 2.05) is 43.3 Å². The minimum Gasteiger partial charge on any atom is -0.352 e. The first-order valence-corrected chi connectivity index (χ1v) is 8.38. The summed E-state index contributed by atoms with van der Waals surface area (Å²) < 4.78 is 0. The second-order valence-electron chi connectivity index (χ2n) is 5.27. The summed E-state index contributed by atoms with van der Waals surface area (Å²) in [6.07, 6.45) is 0.924. The van der Waals surface area contributed by atoms with Gasteiger partial charge < -0.3 is 10.6 Å². The van der Waals surface area contributed by atoms with Crippen molar-refractivity contribution in [3.63, 3.8) is 0 Å². The SMILES string of the molecule is CCCNC(=O)c1cccc(CNCc2cccc(Cl)c2Cl)c1. The monoisotopic (exact) mass is 350 g/mol. The summed E-state index contributed by atoms with van der Waals surface area (Å²) in [5.74, 6) is -0.0356. The van der Waals surface area contributed by atoms with Crippen molar-refractivity contribution in [2.45, 2.75) is 26.4 Å². The van der Waals surface area contributed by atoms with Gasteiger partial charge in [-0.1, -0.05) is 54.4 Å². The summed E-state index contributed by atoms with van der Waals surface area (Å²) in [6, 6.07) is 13.2. The van der Waals surface area contributed by atoms with Crippen molar-refractivity contribution in [1.29, 1.82) is 0 Å². The normalized spacial score (nSPS) is 10.6. The van der Waals surface area contributed by atoms with Gasteiger partial charge in [-0.05, 0) is 35.7 Å². The molecule has 2 aromatic rings. The molecule has 2 rings (SSSR count). The largest absolute Gasteiger partial charge is 0.352 e. The molecule has 5 heteroatoms. The molecule has 0 radical (unpaired) electrons. The zero-order valence-corrected chi connectivity index (χ0v) is 14.5. The van der Waals surface area contributed by atoms with Gasteiger partial charge in [0, 0.05) is 25.2 Å². The van der Waals surface area contributed by atoms with E-state index in [1.54, 1.807) is 6.07 Å². The number of benzene rings is 2. The maximum atomic E-state index is 12.0. The highest BCUT2D eigenvalue weighted by Gasteiger charge is 2.06. The molecule has 2 aromatic carbocycles. The molecular formula is C18H20Cl2N2O. The molecule has 122 valence electrons. The summed E-state index contributed by atoms with van der Waals surface area (Å²) in [7, 11) is 0. The van der Waals surface area contributed by atoms with Crippen molar-refractivity contribution in [1.82, 2.24) is 10.6 Å². The van der Waals surface area contributed by atoms with Gasteiger partial charge in [-0.15, -0.1) is 0 Å². The van der Waals surface area contributed by atoms with Crippen molar-refractivity contribution in [2.24, 2.45) is 0 Å². The van der Waals surface area contributed by atoms with Gasteiger partial charge in [0.2, 0.25) is 0 Å². The Hall–Kier alpha value is -1.55. The van der Waals surface area contributed by atoms with Crippen LogP contribution in [0.5, 0.6) is 0 Å². The highest BCUT2D eigenvalue weighted by atomic mass is 35.5. The van der Waals surface area contributed by atoms with Gasteiger partial charge in [0.05, 0.1) is 10.0 Å². The Kier molecular flexibility index (Phi) is 6.90. The van der Waals surface area contributed by atoms with E-state index in [2.05, 4.69) is 10.6 Å². The maximum Gasteiger partial charge on any atom is 0.251 e. The molecule has 0 heterocycles. The third kappa shape index (κ3) is 5.24. The van der Waals surface area contributed by atoms with E-state index in [4.69, 9.17) is 23.2 Å². The molecule has 0 aromatic heterocycles. The highest BCUT2D eigenvalue weighted by Crippen LogP contribution is 2.25. The highest BCUT2D eigenvalue weighted by molar-refractivity contribution is 6.42. The van der Waals surface area contributed by atoms with Gasteiger partial charge in [-0.2, -0.15) is 0 Å². The van der Waals surface area contributed by atoms with E-state index < -0.39 is 0 Å². The summed E-state index contributed by atoms with van der Waals surface area (Å²) >= 11 is 12.2. The van der Waals surface area contributed by atoms with Crippen LogP contribution in [0.15, 0.2) is 42.5 Å². The van der Waals surface area contributed by atoms with Crippen molar-refractivity contribution < 1.29 is 4.79 Å². The van der Waals surface area contributed by atoms with Crippen molar-refractivity contribution >= 4 is 29.1 Å². The molecule has 0 aliphatic carbocycles. The molecule has 2 N–H and O–H groups in total. The van der Waals surface area contributed by atoms with E-state index in [1.165, 1.54) is 0 Å². The minimum atomic E-state index is -0.0356. The second-order valence-corrected chi connectivity index (χ2v) is 6.06. The average Bonchev–Trinajstić information content (AvgIpc) is 2.57. The van der Waals surface area contributed by atoms with Crippen molar-refractivity contribution in [3.05, 3.63) is 69.2 Å². The van der Waals surface area contributed by atoms with E-state index in [0.29, 0.717) is 35.2 Å².